The molecule has 0 aliphatic heterocycles. The summed E-state index contributed by atoms with van der Waals surface area (Å²) in [5, 5.41) is 3.89. The third-order valence-corrected chi connectivity index (χ3v) is 3.47. The summed E-state index contributed by atoms with van der Waals surface area (Å²) in [5.74, 6) is 0.841. The Morgan fingerprint density at radius 2 is 1.90 bits per heavy atom. The Labute approximate surface area is 130 Å². The quantitative estimate of drug-likeness (QED) is 0.843. The molecule has 0 amide bonds. The minimum Gasteiger partial charge on any atom is -0.497 e. The van der Waals surface area contributed by atoms with Crippen molar-refractivity contribution in [2.24, 2.45) is 0 Å². The van der Waals surface area contributed by atoms with E-state index in [-0.39, 0.29) is 6.10 Å². The minimum absolute atomic E-state index is 0.0153. The zero-order valence-electron chi connectivity index (χ0n) is 12.3. The van der Waals surface area contributed by atoms with Crippen LogP contribution in [0.5, 0.6) is 5.75 Å². The van der Waals surface area contributed by atoms with Gasteiger partial charge in [0.25, 0.3) is 0 Å². The number of nitrogens with one attached hydrogen (secondary N) is 1. The standard InChI is InChI=1S/C17H20ClNO2/c1-19-11-17(14-6-8-15(18)9-7-14)21-12-13-4-3-5-16(10-13)20-2/h3-10,17,19H,11-12H2,1-2H3. The van der Waals surface area contributed by atoms with E-state index in [1.165, 1.54) is 0 Å². The number of benzene rings is 2. The third kappa shape index (κ3) is 4.74. The maximum absolute atomic E-state index is 6.03. The molecule has 0 heterocycles. The van der Waals surface area contributed by atoms with Crippen molar-refractivity contribution in [3.05, 3.63) is 64.7 Å². The molecule has 0 saturated carbocycles. The molecule has 0 fully saturated rings. The molecule has 1 atom stereocenters. The first-order valence-corrected chi connectivity index (χ1v) is 7.25. The van der Waals surface area contributed by atoms with Crippen molar-refractivity contribution < 1.29 is 9.47 Å². The van der Waals surface area contributed by atoms with Crippen LogP contribution in [0, 0.1) is 0 Å². The molecule has 0 spiro atoms. The van der Waals surface area contributed by atoms with Crippen molar-refractivity contribution in [2.45, 2.75) is 12.7 Å². The highest BCUT2D eigenvalue weighted by molar-refractivity contribution is 6.30. The maximum Gasteiger partial charge on any atom is 0.119 e. The summed E-state index contributed by atoms with van der Waals surface area (Å²) in [6, 6.07) is 15.7. The molecule has 0 aromatic heterocycles. The van der Waals surface area contributed by atoms with E-state index in [1.54, 1.807) is 7.11 Å². The zero-order chi connectivity index (χ0) is 15.1. The van der Waals surface area contributed by atoms with E-state index >= 15 is 0 Å². The number of methoxy groups -OCH3 is 1. The summed E-state index contributed by atoms with van der Waals surface area (Å²) >= 11 is 5.93. The van der Waals surface area contributed by atoms with Crippen molar-refractivity contribution in [1.82, 2.24) is 5.32 Å². The van der Waals surface area contributed by atoms with Crippen LogP contribution in [-0.2, 0) is 11.3 Å². The average molecular weight is 306 g/mol. The number of halogens is 1. The van der Waals surface area contributed by atoms with Gasteiger partial charge in [-0.1, -0.05) is 35.9 Å². The lowest BCUT2D eigenvalue weighted by molar-refractivity contribution is 0.0410. The molecule has 2 rings (SSSR count). The first kappa shape index (κ1) is 15.8. The van der Waals surface area contributed by atoms with E-state index in [2.05, 4.69) is 5.32 Å². The van der Waals surface area contributed by atoms with Gasteiger partial charge in [-0.3, -0.25) is 0 Å². The third-order valence-electron chi connectivity index (χ3n) is 3.22. The Bertz CT molecular complexity index is 557. The number of hydrogen-bond donors (Lipinski definition) is 1. The number of ether oxygens (including phenoxy) is 2. The topological polar surface area (TPSA) is 30.5 Å². The van der Waals surface area contributed by atoms with Crippen LogP contribution >= 0.6 is 11.6 Å². The molecule has 0 saturated heterocycles. The fraction of sp³-hybridized carbons (Fsp3) is 0.294. The Morgan fingerprint density at radius 1 is 1.14 bits per heavy atom. The molecule has 2 aromatic rings. The fourth-order valence-electron chi connectivity index (χ4n) is 2.09. The lowest BCUT2D eigenvalue weighted by Gasteiger charge is -2.18. The van der Waals surface area contributed by atoms with Crippen LogP contribution in [0.15, 0.2) is 48.5 Å². The molecular weight excluding hydrogens is 286 g/mol. The summed E-state index contributed by atoms with van der Waals surface area (Å²) in [6.45, 7) is 1.28. The molecular formula is C17H20ClNO2. The van der Waals surface area contributed by atoms with Crippen LogP contribution in [-0.4, -0.2) is 20.7 Å². The number of rotatable bonds is 7. The Hall–Kier alpha value is -1.55. The first-order chi connectivity index (χ1) is 10.2. The highest BCUT2D eigenvalue weighted by atomic mass is 35.5. The molecule has 4 heteroatoms. The largest absolute Gasteiger partial charge is 0.497 e. The van der Waals surface area contributed by atoms with Gasteiger partial charge in [0.2, 0.25) is 0 Å². The Kier molecular flexibility index (Phi) is 6.05. The van der Waals surface area contributed by atoms with E-state index < -0.39 is 0 Å². The second-order valence-corrected chi connectivity index (χ2v) is 5.20. The molecule has 21 heavy (non-hydrogen) atoms. The summed E-state index contributed by atoms with van der Waals surface area (Å²) in [7, 11) is 3.58. The van der Waals surface area contributed by atoms with Gasteiger partial charge >= 0.3 is 0 Å². The van der Waals surface area contributed by atoms with Gasteiger partial charge in [0.15, 0.2) is 0 Å². The van der Waals surface area contributed by atoms with E-state index in [1.807, 2.05) is 55.6 Å². The van der Waals surface area contributed by atoms with Crippen molar-refractivity contribution in [2.75, 3.05) is 20.7 Å². The Balaban J connectivity index is 2.04. The van der Waals surface area contributed by atoms with Crippen LogP contribution in [0.3, 0.4) is 0 Å². The van der Waals surface area contributed by atoms with Crippen molar-refractivity contribution in [1.29, 1.82) is 0 Å². The normalized spacial score (nSPS) is 12.1. The lowest BCUT2D eigenvalue weighted by Crippen LogP contribution is -2.19. The van der Waals surface area contributed by atoms with E-state index in [4.69, 9.17) is 21.1 Å². The van der Waals surface area contributed by atoms with E-state index in [0.717, 1.165) is 28.4 Å². The van der Waals surface area contributed by atoms with Crippen LogP contribution in [0.1, 0.15) is 17.2 Å². The van der Waals surface area contributed by atoms with Crippen molar-refractivity contribution >= 4 is 11.6 Å². The monoisotopic (exact) mass is 305 g/mol. The zero-order valence-corrected chi connectivity index (χ0v) is 13.1. The molecule has 2 aromatic carbocycles. The minimum atomic E-state index is -0.0153. The van der Waals surface area contributed by atoms with Gasteiger partial charge in [-0.05, 0) is 42.4 Å². The van der Waals surface area contributed by atoms with Crippen LogP contribution < -0.4 is 10.1 Å². The van der Waals surface area contributed by atoms with Crippen molar-refractivity contribution in [3.63, 3.8) is 0 Å². The second kappa shape index (κ2) is 8.03. The molecule has 0 radical (unpaired) electrons. The SMILES string of the molecule is CNCC(OCc1cccc(OC)c1)c1ccc(Cl)cc1. The molecule has 3 nitrogen and oxygen atoms in total. The molecule has 0 aliphatic rings. The summed E-state index contributed by atoms with van der Waals surface area (Å²) < 4.78 is 11.3. The van der Waals surface area contributed by atoms with Crippen LogP contribution in [0.2, 0.25) is 5.02 Å². The summed E-state index contributed by atoms with van der Waals surface area (Å²) in [6.07, 6.45) is -0.0153. The predicted molar refractivity (Wildman–Crippen MR) is 85.9 cm³/mol. The van der Waals surface area contributed by atoms with Crippen LogP contribution in [0.25, 0.3) is 0 Å². The second-order valence-electron chi connectivity index (χ2n) is 4.76. The molecule has 112 valence electrons. The fourth-order valence-corrected chi connectivity index (χ4v) is 2.22. The van der Waals surface area contributed by atoms with Gasteiger partial charge in [0.1, 0.15) is 5.75 Å². The van der Waals surface area contributed by atoms with E-state index in [9.17, 15) is 0 Å². The summed E-state index contributed by atoms with van der Waals surface area (Å²) in [4.78, 5) is 0. The number of likely N-dealkylation sites (N-methyl/N-ethyl adjacent to an activating group) is 1. The number of hydrogen-bond acceptors (Lipinski definition) is 3. The van der Waals surface area contributed by atoms with Gasteiger partial charge < -0.3 is 14.8 Å². The van der Waals surface area contributed by atoms with Gasteiger partial charge in [-0.25, -0.2) is 0 Å². The van der Waals surface area contributed by atoms with Gasteiger partial charge in [-0.15, -0.1) is 0 Å². The Morgan fingerprint density at radius 3 is 2.57 bits per heavy atom. The highest BCUT2D eigenvalue weighted by Crippen LogP contribution is 2.22. The van der Waals surface area contributed by atoms with Gasteiger partial charge in [0.05, 0.1) is 19.8 Å². The molecule has 0 aliphatic carbocycles. The average Bonchev–Trinajstić information content (AvgIpc) is 2.52. The van der Waals surface area contributed by atoms with Crippen LogP contribution in [0.4, 0.5) is 0 Å². The van der Waals surface area contributed by atoms with Crippen molar-refractivity contribution in [3.8, 4) is 5.75 Å². The first-order valence-electron chi connectivity index (χ1n) is 6.87. The summed E-state index contributed by atoms with van der Waals surface area (Å²) in [5.41, 5.74) is 2.20. The molecule has 0 bridgehead atoms. The van der Waals surface area contributed by atoms with Gasteiger partial charge in [0, 0.05) is 11.6 Å². The predicted octanol–water partition coefficient (Wildman–Crippen LogP) is 3.83. The van der Waals surface area contributed by atoms with Gasteiger partial charge in [-0.2, -0.15) is 0 Å². The van der Waals surface area contributed by atoms with E-state index in [0.29, 0.717) is 6.61 Å². The smallest absolute Gasteiger partial charge is 0.119 e. The molecule has 1 unspecified atom stereocenters. The maximum atomic E-state index is 6.03. The lowest BCUT2D eigenvalue weighted by atomic mass is 10.1. The molecule has 1 N–H and O–H groups in total. The highest BCUT2D eigenvalue weighted by Gasteiger charge is 2.11.